The Morgan fingerprint density at radius 1 is 1.21 bits per heavy atom. The van der Waals surface area contributed by atoms with Crippen molar-refractivity contribution in [3.63, 3.8) is 0 Å². The fraction of sp³-hybridized carbons (Fsp3) is 0.0833. The van der Waals surface area contributed by atoms with Crippen LogP contribution >= 0.6 is 22.3 Å². The molecule has 4 nitrogen and oxygen atoms in total. The van der Waals surface area contributed by atoms with Crippen molar-refractivity contribution >= 4 is 31.3 Å². The number of pyridine rings is 1. The number of halogens is 2. The van der Waals surface area contributed by atoms with Gasteiger partial charge in [-0.2, -0.15) is 0 Å². The van der Waals surface area contributed by atoms with Crippen LogP contribution in [0.5, 0.6) is 11.6 Å². The maximum atomic E-state index is 11.1. The third kappa shape index (κ3) is 3.59. The van der Waals surface area contributed by atoms with Crippen molar-refractivity contribution in [1.82, 2.24) is 4.98 Å². The van der Waals surface area contributed by atoms with Crippen molar-refractivity contribution in [3.05, 3.63) is 47.1 Å². The first-order valence-electron chi connectivity index (χ1n) is 5.21. The van der Waals surface area contributed by atoms with Crippen LogP contribution in [0, 0.1) is 6.92 Å². The lowest BCUT2D eigenvalue weighted by Gasteiger charge is -2.06. The van der Waals surface area contributed by atoms with Gasteiger partial charge < -0.3 is 4.74 Å². The number of hydrogen-bond acceptors (Lipinski definition) is 4. The highest BCUT2D eigenvalue weighted by Gasteiger charge is 2.10. The number of nitrogens with zero attached hydrogens (tertiary/aromatic N) is 1. The molecule has 0 amide bonds. The second-order valence-electron chi connectivity index (χ2n) is 3.78. The third-order valence-corrected chi connectivity index (χ3v) is 4.11. The predicted octanol–water partition coefficient (Wildman–Crippen LogP) is 3.76. The van der Waals surface area contributed by atoms with Crippen molar-refractivity contribution < 1.29 is 13.2 Å². The average molecular weight is 318 g/mol. The Morgan fingerprint density at radius 3 is 2.47 bits per heavy atom. The largest absolute Gasteiger partial charge is 0.439 e. The van der Waals surface area contributed by atoms with Crippen LogP contribution in [0.3, 0.4) is 0 Å². The standard InChI is InChI=1S/C12H9Cl2NO3S/c1-8-6-9(2-4-11(8)13)18-12-5-3-10(7-15-12)19(14,16)17/h2-7H,1H3. The number of rotatable bonds is 3. The number of hydrogen-bond donors (Lipinski definition) is 0. The van der Waals surface area contributed by atoms with Gasteiger partial charge in [0.1, 0.15) is 10.6 Å². The van der Waals surface area contributed by atoms with Crippen molar-refractivity contribution in [1.29, 1.82) is 0 Å². The van der Waals surface area contributed by atoms with Crippen LogP contribution in [0.25, 0.3) is 0 Å². The summed E-state index contributed by atoms with van der Waals surface area (Å²) in [6.07, 6.45) is 1.14. The van der Waals surface area contributed by atoms with E-state index in [4.69, 9.17) is 27.0 Å². The molecular formula is C12H9Cl2NO3S. The molecule has 7 heteroatoms. The van der Waals surface area contributed by atoms with Crippen LogP contribution in [-0.4, -0.2) is 13.4 Å². The lowest BCUT2D eigenvalue weighted by molar-refractivity contribution is 0.461. The van der Waals surface area contributed by atoms with Gasteiger partial charge >= 0.3 is 0 Å². The summed E-state index contributed by atoms with van der Waals surface area (Å²) in [4.78, 5) is 3.80. The highest BCUT2D eigenvalue weighted by molar-refractivity contribution is 8.13. The predicted molar refractivity (Wildman–Crippen MR) is 73.5 cm³/mol. The van der Waals surface area contributed by atoms with E-state index in [1.165, 1.54) is 12.1 Å². The second-order valence-corrected chi connectivity index (χ2v) is 6.76. The van der Waals surface area contributed by atoms with Gasteiger partial charge in [-0.15, -0.1) is 0 Å². The van der Waals surface area contributed by atoms with Gasteiger partial charge in [0.15, 0.2) is 0 Å². The topological polar surface area (TPSA) is 56.3 Å². The molecule has 19 heavy (non-hydrogen) atoms. The molecule has 0 saturated heterocycles. The summed E-state index contributed by atoms with van der Waals surface area (Å²) in [6.45, 7) is 1.85. The summed E-state index contributed by atoms with van der Waals surface area (Å²) >= 11 is 5.90. The van der Waals surface area contributed by atoms with Crippen molar-refractivity contribution in [3.8, 4) is 11.6 Å². The summed E-state index contributed by atoms with van der Waals surface area (Å²) in [5.41, 5.74) is 0.874. The van der Waals surface area contributed by atoms with Gasteiger partial charge in [-0.25, -0.2) is 13.4 Å². The number of benzene rings is 1. The highest BCUT2D eigenvalue weighted by Crippen LogP contribution is 2.25. The molecule has 0 unspecified atom stereocenters. The van der Waals surface area contributed by atoms with Gasteiger partial charge in [-0.3, -0.25) is 0 Å². The van der Waals surface area contributed by atoms with Crippen LogP contribution < -0.4 is 4.74 Å². The first kappa shape index (κ1) is 14.1. The molecule has 1 aromatic carbocycles. The van der Waals surface area contributed by atoms with Crippen molar-refractivity contribution in [2.24, 2.45) is 0 Å². The third-order valence-electron chi connectivity index (χ3n) is 2.34. The van der Waals surface area contributed by atoms with E-state index in [1.807, 2.05) is 6.92 Å². The molecule has 0 fully saturated rings. The van der Waals surface area contributed by atoms with Crippen LogP contribution in [0.15, 0.2) is 41.4 Å². The van der Waals surface area contributed by atoms with Gasteiger partial charge in [0.2, 0.25) is 5.88 Å². The summed E-state index contributed by atoms with van der Waals surface area (Å²) in [6, 6.07) is 7.93. The number of aryl methyl sites for hydroxylation is 1. The lowest BCUT2D eigenvalue weighted by Crippen LogP contribution is -1.93. The molecule has 0 bridgehead atoms. The second kappa shape index (κ2) is 5.36. The van der Waals surface area contributed by atoms with Gasteiger partial charge in [0, 0.05) is 21.8 Å². The first-order valence-corrected chi connectivity index (χ1v) is 7.90. The summed E-state index contributed by atoms with van der Waals surface area (Å²) in [7, 11) is 1.42. The van der Waals surface area contributed by atoms with Gasteiger partial charge in [-0.05, 0) is 36.8 Å². The molecule has 0 aliphatic heterocycles. The maximum absolute atomic E-state index is 11.1. The zero-order chi connectivity index (χ0) is 14.0. The van der Waals surface area contributed by atoms with Crippen molar-refractivity contribution in [2.45, 2.75) is 11.8 Å². The van der Waals surface area contributed by atoms with E-state index in [0.717, 1.165) is 11.8 Å². The van der Waals surface area contributed by atoms with Gasteiger partial charge in [0.05, 0.1) is 6.20 Å². The van der Waals surface area contributed by atoms with Crippen LogP contribution in [0.1, 0.15) is 5.56 Å². The molecule has 2 rings (SSSR count). The Bertz CT molecular complexity index is 699. The van der Waals surface area contributed by atoms with E-state index in [2.05, 4.69) is 4.98 Å². The Labute approximate surface area is 120 Å². The first-order chi connectivity index (χ1) is 8.86. The Kier molecular flexibility index (Phi) is 3.99. The Balaban J connectivity index is 2.22. The van der Waals surface area contributed by atoms with E-state index in [-0.39, 0.29) is 10.8 Å². The average Bonchev–Trinajstić information content (AvgIpc) is 2.33. The molecule has 2 aromatic rings. The van der Waals surface area contributed by atoms with E-state index >= 15 is 0 Å². The number of aromatic nitrogens is 1. The van der Waals surface area contributed by atoms with E-state index in [0.29, 0.717) is 10.8 Å². The monoisotopic (exact) mass is 317 g/mol. The van der Waals surface area contributed by atoms with Gasteiger partial charge in [-0.1, -0.05) is 11.6 Å². The molecule has 0 spiro atoms. The molecular weight excluding hydrogens is 309 g/mol. The Hall–Kier alpha value is -1.30. The molecule has 0 aliphatic carbocycles. The molecule has 100 valence electrons. The molecule has 1 aromatic heterocycles. The van der Waals surface area contributed by atoms with Crippen LogP contribution in [0.4, 0.5) is 0 Å². The molecule has 0 saturated carbocycles. The smallest absolute Gasteiger partial charge is 0.262 e. The quantitative estimate of drug-likeness (QED) is 0.809. The molecule has 0 atom stereocenters. The Morgan fingerprint density at radius 2 is 1.95 bits per heavy atom. The minimum absolute atomic E-state index is 0.0752. The zero-order valence-electron chi connectivity index (χ0n) is 9.80. The molecule has 0 radical (unpaired) electrons. The minimum atomic E-state index is -3.77. The molecule has 0 N–H and O–H groups in total. The van der Waals surface area contributed by atoms with E-state index in [1.54, 1.807) is 18.2 Å². The van der Waals surface area contributed by atoms with Crippen molar-refractivity contribution in [2.75, 3.05) is 0 Å². The maximum Gasteiger partial charge on any atom is 0.262 e. The molecule has 1 heterocycles. The summed E-state index contributed by atoms with van der Waals surface area (Å²) < 4.78 is 27.6. The summed E-state index contributed by atoms with van der Waals surface area (Å²) in [5, 5.41) is 0.642. The lowest BCUT2D eigenvalue weighted by atomic mass is 10.2. The van der Waals surface area contributed by atoms with Gasteiger partial charge in [0.25, 0.3) is 9.05 Å². The normalized spacial score (nSPS) is 11.3. The van der Waals surface area contributed by atoms with Crippen LogP contribution in [0.2, 0.25) is 5.02 Å². The fourth-order valence-corrected chi connectivity index (χ4v) is 2.17. The van der Waals surface area contributed by atoms with E-state index in [9.17, 15) is 8.42 Å². The fourth-order valence-electron chi connectivity index (χ4n) is 1.37. The minimum Gasteiger partial charge on any atom is -0.439 e. The van der Waals surface area contributed by atoms with Crippen LogP contribution in [-0.2, 0) is 9.05 Å². The SMILES string of the molecule is Cc1cc(Oc2ccc(S(=O)(=O)Cl)cn2)ccc1Cl. The highest BCUT2D eigenvalue weighted by atomic mass is 35.7. The number of ether oxygens (including phenoxy) is 1. The molecule has 0 aliphatic rings. The summed E-state index contributed by atoms with van der Waals surface area (Å²) in [5.74, 6) is 0.835. The van der Waals surface area contributed by atoms with E-state index < -0.39 is 9.05 Å². The zero-order valence-corrected chi connectivity index (χ0v) is 12.1.